The van der Waals surface area contributed by atoms with E-state index in [1.165, 1.54) is 17.4 Å². The number of anilines is 1. The van der Waals surface area contributed by atoms with E-state index in [0.29, 0.717) is 42.7 Å². The van der Waals surface area contributed by atoms with Crippen LogP contribution in [0.15, 0.2) is 62.8 Å². The SMILES string of the molecule is O=C(NC1CCN(C(=O)c2ccc(NS(=O)(=O)c3cccs3)cc2)CC1)c1ccsc1. The molecule has 0 aliphatic carbocycles. The largest absolute Gasteiger partial charge is 0.349 e. The van der Waals surface area contributed by atoms with Crippen LogP contribution in [0.3, 0.4) is 0 Å². The molecule has 10 heteroatoms. The van der Waals surface area contributed by atoms with Crippen molar-refractivity contribution >= 4 is 50.2 Å². The number of amides is 2. The van der Waals surface area contributed by atoms with Gasteiger partial charge in [-0.1, -0.05) is 6.07 Å². The first-order valence-corrected chi connectivity index (χ1v) is 13.0. The normalized spacial score (nSPS) is 14.9. The predicted octanol–water partition coefficient (Wildman–Crippen LogP) is 3.65. The van der Waals surface area contributed by atoms with Gasteiger partial charge in [-0.15, -0.1) is 11.3 Å². The maximum absolute atomic E-state index is 12.8. The van der Waals surface area contributed by atoms with Crippen LogP contribution in [0, 0.1) is 0 Å². The van der Waals surface area contributed by atoms with Gasteiger partial charge in [0.25, 0.3) is 21.8 Å². The molecule has 162 valence electrons. The third-order valence-corrected chi connectivity index (χ3v) is 8.51. The maximum atomic E-state index is 12.8. The molecule has 1 fully saturated rings. The van der Waals surface area contributed by atoms with E-state index < -0.39 is 10.0 Å². The molecule has 0 unspecified atom stereocenters. The lowest BCUT2D eigenvalue weighted by Crippen LogP contribution is -2.46. The third-order valence-electron chi connectivity index (χ3n) is 5.04. The minimum atomic E-state index is -3.62. The molecule has 3 aromatic rings. The summed E-state index contributed by atoms with van der Waals surface area (Å²) >= 11 is 2.63. The van der Waals surface area contributed by atoms with Crippen LogP contribution in [0.5, 0.6) is 0 Å². The minimum Gasteiger partial charge on any atom is -0.349 e. The van der Waals surface area contributed by atoms with E-state index in [1.54, 1.807) is 46.7 Å². The van der Waals surface area contributed by atoms with Gasteiger partial charge in [0, 0.05) is 41.3 Å². The summed E-state index contributed by atoms with van der Waals surface area (Å²) in [5.41, 5.74) is 1.57. The summed E-state index contributed by atoms with van der Waals surface area (Å²) in [6.45, 7) is 1.11. The first-order valence-electron chi connectivity index (χ1n) is 9.71. The second kappa shape index (κ2) is 9.21. The summed E-state index contributed by atoms with van der Waals surface area (Å²) in [6, 6.07) is 11.5. The van der Waals surface area contributed by atoms with E-state index in [-0.39, 0.29) is 22.1 Å². The Bertz CT molecular complexity index is 1130. The van der Waals surface area contributed by atoms with Crippen molar-refractivity contribution in [1.29, 1.82) is 0 Å². The molecule has 0 atom stereocenters. The fourth-order valence-electron chi connectivity index (χ4n) is 3.37. The summed E-state index contributed by atoms with van der Waals surface area (Å²) in [4.78, 5) is 26.7. The molecule has 3 heterocycles. The lowest BCUT2D eigenvalue weighted by Gasteiger charge is -2.32. The molecule has 2 aromatic heterocycles. The number of benzene rings is 1. The molecular weight excluding hydrogens is 454 g/mol. The van der Waals surface area contributed by atoms with Crippen LogP contribution in [-0.4, -0.2) is 44.3 Å². The van der Waals surface area contributed by atoms with Gasteiger partial charge >= 0.3 is 0 Å². The van der Waals surface area contributed by atoms with Crippen molar-refractivity contribution in [3.8, 4) is 0 Å². The number of thiophene rings is 2. The van der Waals surface area contributed by atoms with Gasteiger partial charge in [0.15, 0.2) is 0 Å². The molecule has 0 saturated carbocycles. The summed E-state index contributed by atoms with van der Waals surface area (Å²) in [6.07, 6.45) is 1.39. The molecule has 31 heavy (non-hydrogen) atoms. The number of carbonyl (C=O) groups is 2. The van der Waals surface area contributed by atoms with Crippen LogP contribution < -0.4 is 10.0 Å². The molecule has 2 amide bonds. The van der Waals surface area contributed by atoms with Crippen molar-refractivity contribution in [2.75, 3.05) is 17.8 Å². The standard InChI is InChI=1S/C21H21N3O4S3/c25-20(16-9-13-29-14-16)22-17-7-10-24(11-8-17)21(26)15-3-5-18(6-4-15)23-31(27,28)19-2-1-12-30-19/h1-6,9,12-14,17,23H,7-8,10-11H2,(H,22,25). The highest BCUT2D eigenvalue weighted by atomic mass is 32.2. The van der Waals surface area contributed by atoms with Gasteiger partial charge < -0.3 is 10.2 Å². The number of nitrogens with one attached hydrogen (secondary N) is 2. The molecule has 1 aromatic carbocycles. The first-order chi connectivity index (χ1) is 14.9. The molecule has 0 radical (unpaired) electrons. The Balaban J connectivity index is 1.31. The van der Waals surface area contributed by atoms with Crippen LogP contribution in [0.1, 0.15) is 33.6 Å². The molecule has 2 N–H and O–H groups in total. The zero-order valence-electron chi connectivity index (χ0n) is 16.5. The van der Waals surface area contributed by atoms with E-state index in [9.17, 15) is 18.0 Å². The summed E-state index contributed by atoms with van der Waals surface area (Å²) in [5, 5.41) is 8.42. The molecule has 1 aliphatic heterocycles. The maximum Gasteiger partial charge on any atom is 0.271 e. The van der Waals surface area contributed by atoms with E-state index in [2.05, 4.69) is 10.0 Å². The second-order valence-electron chi connectivity index (χ2n) is 7.17. The smallest absolute Gasteiger partial charge is 0.271 e. The Morgan fingerprint density at radius 3 is 2.32 bits per heavy atom. The summed E-state index contributed by atoms with van der Waals surface area (Å²) < 4.78 is 27.4. The Kier molecular flexibility index (Phi) is 6.40. The van der Waals surface area contributed by atoms with Crippen molar-refractivity contribution in [1.82, 2.24) is 10.2 Å². The highest BCUT2D eigenvalue weighted by Gasteiger charge is 2.25. The number of carbonyl (C=O) groups excluding carboxylic acids is 2. The zero-order valence-corrected chi connectivity index (χ0v) is 18.9. The fourth-order valence-corrected chi connectivity index (χ4v) is 6.06. The summed E-state index contributed by atoms with van der Waals surface area (Å²) in [7, 11) is -3.62. The van der Waals surface area contributed by atoms with Crippen molar-refractivity contribution in [2.24, 2.45) is 0 Å². The first kappa shape index (κ1) is 21.5. The van der Waals surface area contributed by atoms with Gasteiger partial charge in [-0.05, 0) is 60.0 Å². The van der Waals surface area contributed by atoms with Gasteiger partial charge in [0.2, 0.25) is 0 Å². The molecule has 0 bridgehead atoms. The molecule has 1 aliphatic rings. The lowest BCUT2D eigenvalue weighted by atomic mass is 10.0. The van der Waals surface area contributed by atoms with E-state index >= 15 is 0 Å². The molecule has 7 nitrogen and oxygen atoms in total. The van der Waals surface area contributed by atoms with Crippen LogP contribution in [0.4, 0.5) is 5.69 Å². The highest BCUT2D eigenvalue weighted by Crippen LogP contribution is 2.21. The van der Waals surface area contributed by atoms with Crippen molar-refractivity contribution < 1.29 is 18.0 Å². The van der Waals surface area contributed by atoms with Crippen molar-refractivity contribution in [3.63, 3.8) is 0 Å². The van der Waals surface area contributed by atoms with Crippen LogP contribution in [0.2, 0.25) is 0 Å². The Hall–Kier alpha value is -2.69. The van der Waals surface area contributed by atoms with Crippen LogP contribution in [0.25, 0.3) is 0 Å². The van der Waals surface area contributed by atoms with Crippen LogP contribution in [-0.2, 0) is 10.0 Å². The molecular formula is C21H21N3O4S3. The number of hydrogen-bond donors (Lipinski definition) is 2. The van der Waals surface area contributed by atoms with E-state index in [4.69, 9.17) is 0 Å². The van der Waals surface area contributed by atoms with Crippen molar-refractivity contribution in [3.05, 3.63) is 69.7 Å². The lowest BCUT2D eigenvalue weighted by molar-refractivity contribution is 0.0698. The van der Waals surface area contributed by atoms with Gasteiger partial charge in [-0.2, -0.15) is 11.3 Å². The number of nitrogens with zero attached hydrogens (tertiary/aromatic N) is 1. The fraction of sp³-hybridized carbons (Fsp3) is 0.238. The second-order valence-corrected chi connectivity index (χ2v) is 10.8. The van der Waals surface area contributed by atoms with E-state index in [0.717, 1.165) is 11.3 Å². The molecule has 0 spiro atoms. The quantitative estimate of drug-likeness (QED) is 0.569. The average Bonchev–Trinajstić information content (AvgIpc) is 3.49. The monoisotopic (exact) mass is 475 g/mol. The molecule has 1 saturated heterocycles. The number of likely N-dealkylation sites (tertiary alicyclic amines) is 1. The van der Waals surface area contributed by atoms with Gasteiger partial charge in [-0.25, -0.2) is 8.42 Å². The Morgan fingerprint density at radius 2 is 1.71 bits per heavy atom. The Labute approximate surface area is 188 Å². The summed E-state index contributed by atoms with van der Waals surface area (Å²) in [5.74, 6) is -0.179. The van der Waals surface area contributed by atoms with Crippen LogP contribution >= 0.6 is 22.7 Å². The van der Waals surface area contributed by atoms with E-state index in [1.807, 2.05) is 10.8 Å². The van der Waals surface area contributed by atoms with Gasteiger partial charge in [0.1, 0.15) is 4.21 Å². The molecule has 4 rings (SSSR count). The zero-order chi connectivity index (χ0) is 21.8. The van der Waals surface area contributed by atoms with Crippen molar-refractivity contribution in [2.45, 2.75) is 23.1 Å². The van der Waals surface area contributed by atoms with Gasteiger partial charge in [-0.3, -0.25) is 14.3 Å². The number of rotatable bonds is 6. The number of piperidine rings is 1. The number of sulfonamides is 1. The minimum absolute atomic E-state index is 0.0467. The van der Waals surface area contributed by atoms with Gasteiger partial charge in [0.05, 0.1) is 0 Å². The third kappa shape index (κ3) is 5.15. The highest BCUT2D eigenvalue weighted by molar-refractivity contribution is 7.94. The predicted molar refractivity (Wildman–Crippen MR) is 122 cm³/mol. The average molecular weight is 476 g/mol. The number of hydrogen-bond acceptors (Lipinski definition) is 6. The Morgan fingerprint density at radius 1 is 0.968 bits per heavy atom. The topological polar surface area (TPSA) is 95.6 Å².